The molecule has 0 saturated carbocycles. The number of terminal acetylenes is 2. The Hall–Kier alpha value is -4.22. The number of hydrogen-bond acceptors (Lipinski definition) is 5. The summed E-state index contributed by atoms with van der Waals surface area (Å²) in [5.74, 6) is 7.28. The highest BCUT2D eigenvalue weighted by Crippen LogP contribution is 2.50. The van der Waals surface area contributed by atoms with Gasteiger partial charge in [0.1, 0.15) is 30.5 Å². The number of benzene rings is 3. The van der Waals surface area contributed by atoms with Crippen molar-refractivity contribution in [3.8, 4) is 75.7 Å². The summed E-state index contributed by atoms with van der Waals surface area (Å²) in [5.41, 5.74) is 3.08. The van der Waals surface area contributed by atoms with Crippen molar-refractivity contribution in [3.05, 3.63) is 54.6 Å². The Morgan fingerprint density at radius 1 is 0.774 bits per heavy atom. The number of hydrogen-bond donors (Lipinski definition) is 1. The second kappa shape index (κ2) is 10.0. The first kappa shape index (κ1) is 21.5. The highest BCUT2D eigenvalue weighted by atomic mass is 16.5. The van der Waals surface area contributed by atoms with Gasteiger partial charge in [0.25, 0.3) is 0 Å². The van der Waals surface area contributed by atoms with E-state index < -0.39 is 0 Å². The van der Waals surface area contributed by atoms with E-state index in [4.69, 9.17) is 31.8 Å². The molecule has 5 heteroatoms. The van der Waals surface area contributed by atoms with Crippen LogP contribution >= 0.6 is 0 Å². The van der Waals surface area contributed by atoms with Crippen molar-refractivity contribution >= 4 is 0 Å². The molecule has 5 nitrogen and oxygen atoms in total. The quantitative estimate of drug-likeness (QED) is 0.538. The minimum Gasteiger partial charge on any atom is -0.508 e. The zero-order valence-electron chi connectivity index (χ0n) is 17.3. The van der Waals surface area contributed by atoms with Crippen LogP contribution in [0, 0.1) is 24.7 Å². The van der Waals surface area contributed by atoms with Gasteiger partial charge in [0, 0.05) is 5.56 Å². The van der Waals surface area contributed by atoms with Gasteiger partial charge in [-0.15, -0.1) is 12.8 Å². The van der Waals surface area contributed by atoms with Gasteiger partial charge in [-0.3, -0.25) is 0 Å². The van der Waals surface area contributed by atoms with Crippen LogP contribution in [0.25, 0.3) is 22.3 Å². The first-order valence-electron chi connectivity index (χ1n) is 9.44. The van der Waals surface area contributed by atoms with Crippen LogP contribution in [-0.4, -0.2) is 32.5 Å². The number of aromatic hydroxyl groups is 1. The molecular weight excluding hydrogens is 392 g/mol. The van der Waals surface area contributed by atoms with Gasteiger partial charge in [-0.1, -0.05) is 36.1 Å². The van der Waals surface area contributed by atoms with E-state index in [1.54, 1.807) is 38.5 Å². The van der Waals surface area contributed by atoms with Crippen LogP contribution in [0.15, 0.2) is 54.6 Å². The Balaban J connectivity index is 2.20. The highest BCUT2D eigenvalue weighted by Gasteiger charge is 2.23. The van der Waals surface area contributed by atoms with Crippen LogP contribution in [0.1, 0.15) is 0 Å². The predicted octanol–water partition coefficient (Wildman–Crippen LogP) is 4.77. The molecule has 31 heavy (non-hydrogen) atoms. The van der Waals surface area contributed by atoms with Gasteiger partial charge in [0.15, 0.2) is 11.5 Å². The monoisotopic (exact) mass is 414 g/mol. The molecule has 0 aliphatic heterocycles. The topological polar surface area (TPSA) is 57.2 Å². The first-order valence-corrected chi connectivity index (χ1v) is 9.44. The average molecular weight is 414 g/mol. The summed E-state index contributed by atoms with van der Waals surface area (Å²) in [4.78, 5) is 0. The molecule has 0 radical (unpaired) electrons. The van der Waals surface area contributed by atoms with E-state index in [0.29, 0.717) is 28.6 Å². The third kappa shape index (κ3) is 4.69. The Labute approximate surface area is 182 Å². The zero-order valence-corrected chi connectivity index (χ0v) is 17.3. The number of phenolic OH excluding ortho intramolecular Hbond substituents is 1. The average Bonchev–Trinajstić information content (AvgIpc) is 2.81. The lowest BCUT2D eigenvalue weighted by atomic mass is 9.96. The van der Waals surface area contributed by atoms with E-state index in [0.717, 1.165) is 16.7 Å². The van der Waals surface area contributed by atoms with Crippen LogP contribution in [-0.2, 0) is 0 Å². The highest BCUT2D eigenvalue weighted by molar-refractivity contribution is 5.88. The normalized spacial score (nSPS) is 9.94. The Morgan fingerprint density at radius 2 is 1.39 bits per heavy atom. The summed E-state index contributed by atoms with van der Waals surface area (Å²) in [6, 6.07) is 16.1. The van der Waals surface area contributed by atoms with E-state index >= 15 is 0 Å². The zero-order chi connectivity index (χ0) is 22.2. The van der Waals surface area contributed by atoms with Gasteiger partial charge in [-0.2, -0.15) is 0 Å². The Bertz CT molecular complexity index is 1120. The molecule has 0 heterocycles. The molecule has 0 atom stereocenters. The molecule has 3 aromatic carbocycles. The van der Waals surface area contributed by atoms with Gasteiger partial charge in [0.2, 0.25) is 0 Å². The summed E-state index contributed by atoms with van der Waals surface area (Å²) in [6.45, 7) is 0.245. The molecular formula is C26H22O5. The molecule has 3 rings (SSSR count). The van der Waals surface area contributed by atoms with Crippen molar-refractivity contribution < 1.29 is 24.1 Å². The number of phenols is 1. The third-order valence-electron chi connectivity index (χ3n) is 4.57. The molecule has 1 N–H and O–H groups in total. The maximum Gasteiger partial charge on any atom is 0.174 e. The molecule has 156 valence electrons. The lowest BCUT2D eigenvalue weighted by molar-refractivity contribution is 0.329. The minimum absolute atomic E-state index is 0.0485. The van der Waals surface area contributed by atoms with Gasteiger partial charge in [0.05, 0.1) is 19.8 Å². The minimum atomic E-state index is 0.0485. The predicted molar refractivity (Wildman–Crippen MR) is 121 cm³/mol. The summed E-state index contributed by atoms with van der Waals surface area (Å²) in [6.07, 6.45) is 10.7. The van der Waals surface area contributed by atoms with Crippen molar-refractivity contribution in [2.75, 3.05) is 27.4 Å². The van der Waals surface area contributed by atoms with Gasteiger partial charge in [-0.05, 0) is 41.5 Å². The molecule has 0 bridgehead atoms. The second-order valence-electron chi connectivity index (χ2n) is 6.42. The fourth-order valence-electron chi connectivity index (χ4n) is 3.20. The van der Waals surface area contributed by atoms with Crippen LogP contribution in [0.5, 0.6) is 28.7 Å². The van der Waals surface area contributed by atoms with Gasteiger partial charge in [-0.25, -0.2) is 0 Å². The van der Waals surface area contributed by atoms with Crippen molar-refractivity contribution in [1.29, 1.82) is 0 Å². The summed E-state index contributed by atoms with van der Waals surface area (Å²) in [7, 11) is 3.15. The summed E-state index contributed by atoms with van der Waals surface area (Å²) < 4.78 is 22.8. The SMILES string of the molecule is C#CCOc1ccc(-c2cc(OC)c(-c3ccc(O)cc3)c(OCC#C)c2OC)cc1. The summed E-state index contributed by atoms with van der Waals surface area (Å²) >= 11 is 0. The Morgan fingerprint density at radius 3 is 1.97 bits per heavy atom. The van der Waals surface area contributed by atoms with Crippen molar-refractivity contribution in [3.63, 3.8) is 0 Å². The largest absolute Gasteiger partial charge is 0.508 e. The van der Waals surface area contributed by atoms with Crippen molar-refractivity contribution in [2.24, 2.45) is 0 Å². The second-order valence-corrected chi connectivity index (χ2v) is 6.42. The van der Waals surface area contributed by atoms with Crippen molar-refractivity contribution in [2.45, 2.75) is 0 Å². The third-order valence-corrected chi connectivity index (χ3v) is 4.57. The molecule has 0 spiro atoms. The fourth-order valence-corrected chi connectivity index (χ4v) is 3.20. The number of methoxy groups -OCH3 is 2. The van der Waals surface area contributed by atoms with E-state index in [-0.39, 0.29) is 19.0 Å². The number of ether oxygens (including phenoxy) is 4. The smallest absolute Gasteiger partial charge is 0.174 e. The van der Waals surface area contributed by atoms with E-state index in [2.05, 4.69) is 11.8 Å². The van der Waals surface area contributed by atoms with E-state index in [1.165, 1.54) is 0 Å². The lowest BCUT2D eigenvalue weighted by Gasteiger charge is -2.21. The maximum atomic E-state index is 9.68. The van der Waals surface area contributed by atoms with Crippen LogP contribution in [0.3, 0.4) is 0 Å². The van der Waals surface area contributed by atoms with Crippen LogP contribution in [0.2, 0.25) is 0 Å². The lowest BCUT2D eigenvalue weighted by Crippen LogP contribution is -2.03. The molecule has 0 aliphatic rings. The van der Waals surface area contributed by atoms with Crippen LogP contribution in [0.4, 0.5) is 0 Å². The fraction of sp³-hybridized carbons (Fsp3) is 0.154. The molecule has 0 unspecified atom stereocenters. The standard InChI is InChI=1S/C26H22O5/c1-5-15-30-21-13-9-18(10-14-21)22-17-23(28-3)24(19-7-11-20(27)12-8-19)26(25(22)29-4)31-16-6-2/h1-2,7-14,17,27H,15-16H2,3-4H3. The molecule has 0 aromatic heterocycles. The molecule has 0 saturated heterocycles. The van der Waals surface area contributed by atoms with E-state index in [1.807, 2.05) is 30.3 Å². The molecule has 3 aromatic rings. The van der Waals surface area contributed by atoms with Crippen molar-refractivity contribution in [1.82, 2.24) is 0 Å². The van der Waals surface area contributed by atoms with Gasteiger partial charge < -0.3 is 24.1 Å². The Kier molecular flexibility index (Phi) is 6.93. The maximum absolute atomic E-state index is 9.68. The molecule has 0 fully saturated rings. The first-order chi connectivity index (χ1) is 15.1. The molecule has 0 amide bonds. The van der Waals surface area contributed by atoms with Gasteiger partial charge >= 0.3 is 0 Å². The van der Waals surface area contributed by atoms with E-state index in [9.17, 15) is 5.11 Å². The van der Waals surface area contributed by atoms with Crippen LogP contribution < -0.4 is 18.9 Å². The summed E-state index contributed by atoms with van der Waals surface area (Å²) in [5, 5.41) is 9.68. The molecule has 0 aliphatic carbocycles. The number of rotatable bonds is 8.